The topological polar surface area (TPSA) is 38.3 Å². The highest BCUT2D eigenvalue weighted by Crippen LogP contribution is 2.27. The van der Waals surface area contributed by atoms with Gasteiger partial charge in [0.2, 0.25) is 0 Å². The van der Waals surface area contributed by atoms with Crippen LogP contribution in [0.25, 0.3) is 0 Å². The molecule has 3 unspecified atom stereocenters. The maximum absolute atomic E-state index is 12.9. The zero-order valence-electron chi connectivity index (χ0n) is 12.4. The lowest BCUT2D eigenvalue weighted by Gasteiger charge is -2.31. The van der Waals surface area contributed by atoms with Crippen LogP contribution in [-0.4, -0.2) is 29.2 Å². The first-order valence-electron chi connectivity index (χ1n) is 7.54. The summed E-state index contributed by atoms with van der Waals surface area (Å²) >= 11 is 0. The number of hydrogen-bond acceptors (Lipinski definition) is 3. The van der Waals surface area contributed by atoms with Gasteiger partial charge in [0.25, 0.3) is 0 Å². The standard InChI is InChI=1S/C16H25NO2S/c1-3-11-17-15-9-4-5-10-16(15)20(18)14-8-6-7-13(12-14)19-2/h6-8,12,15-17H,3-5,9-11H2,1-2H3. The Labute approximate surface area is 124 Å². The number of ether oxygens (including phenoxy) is 1. The first kappa shape index (κ1) is 15.5. The molecule has 1 aromatic carbocycles. The Balaban J connectivity index is 2.11. The number of nitrogens with one attached hydrogen (secondary N) is 1. The van der Waals surface area contributed by atoms with Gasteiger partial charge in [0.05, 0.1) is 23.2 Å². The molecule has 0 amide bonds. The van der Waals surface area contributed by atoms with E-state index >= 15 is 0 Å². The molecule has 2 rings (SSSR count). The molecule has 3 nitrogen and oxygen atoms in total. The van der Waals surface area contributed by atoms with E-state index in [2.05, 4.69) is 12.2 Å². The molecule has 0 aromatic heterocycles. The fraction of sp³-hybridized carbons (Fsp3) is 0.625. The van der Waals surface area contributed by atoms with E-state index in [9.17, 15) is 4.21 Å². The lowest BCUT2D eigenvalue weighted by molar-refractivity contribution is 0.379. The lowest BCUT2D eigenvalue weighted by atomic mass is 9.95. The molecular formula is C16H25NO2S. The van der Waals surface area contributed by atoms with E-state index in [1.54, 1.807) is 7.11 Å². The third kappa shape index (κ3) is 3.83. The van der Waals surface area contributed by atoms with Gasteiger partial charge in [0, 0.05) is 10.9 Å². The van der Waals surface area contributed by atoms with Gasteiger partial charge in [-0.1, -0.05) is 25.8 Å². The third-order valence-electron chi connectivity index (χ3n) is 3.91. The fourth-order valence-electron chi connectivity index (χ4n) is 2.82. The predicted molar refractivity (Wildman–Crippen MR) is 83.7 cm³/mol. The summed E-state index contributed by atoms with van der Waals surface area (Å²) in [4.78, 5) is 0.888. The SMILES string of the molecule is CCCNC1CCCCC1S(=O)c1cccc(OC)c1. The second-order valence-corrected chi connectivity index (χ2v) is 7.03. The molecule has 4 heteroatoms. The first-order valence-corrected chi connectivity index (χ1v) is 8.75. The van der Waals surface area contributed by atoms with Crippen molar-refractivity contribution in [1.29, 1.82) is 0 Å². The molecule has 112 valence electrons. The van der Waals surface area contributed by atoms with Gasteiger partial charge in [-0.15, -0.1) is 0 Å². The van der Waals surface area contributed by atoms with Crippen molar-refractivity contribution in [3.05, 3.63) is 24.3 Å². The third-order valence-corrected chi connectivity index (χ3v) is 5.74. The quantitative estimate of drug-likeness (QED) is 0.876. The molecule has 0 radical (unpaired) electrons. The first-order chi connectivity index (χ1) is 9.76. The molecule has 0 spiro atoms. The van der Waals surface area contributed by atoms with Crippen molar-refractivity contribution in [2.75, 3.05) is 13.7 Å². The zero-order chi connectivity index (χ0) is 14.4. The molecule has 20 heavy (non-hydrogen) atoms. The molecular weight excluding hydrogens is 270 g/mol. The highest BCUT2D eigenvalue weighted by molar-refractivity contribution is 7.85. The van der Waals surface area contributed by atoms with Crippen LogP contribution in [0.4, 0.5) is 0 Å². The molecule has 0 aliphatic heterocycles. The van der Waals surface area contributed by atoms with Crippen LogP contribution >= 0.6 is 0 Å². The van der Waals surface area contributed by atoms with Gasteiger partial charge in [-0.25, -0.2) is 0 Å². The van der Waals surface area contributed by atoms with Gasteiger partial charge < -0.3 is 10.1 Å². The van der Waals surface area contributed by atoms with Crippen LogP contribution in [0, 0.1) is 0 Å². The number of hydrogen-bond donors (Lipinski definition) is 1. The van der Waals surface area contributed by atoms with Gasteiger partial charge in [-0.3, -0.25) is 4.21 Å². The smallest absolute Gasteiger partial charge is 0.120 e. The average molecular weight is 295 g/mol. The summed E-state index contributed by atoms with van der Waals surface area (Å²) in [5, 5.41) is 3.80. The van der Waals surface area contributed by atoms with Crippen molar-refractivity contribution < 1.29 is 8.95 Å². The van der Waals surface area contributed by atoms with E-state index in [4.69, 9.17) is 4.74 Å². The molecule has 3 atom stereocenters. The van der Waals surface area contributed by atoms with Crippen molar-refractivity contribution in [3.63, 3.8) is 0 Å². The number of methoxy groups -OCH3 is 1. The zero-order valence-corrected chi connectivity index (χ0v) is 13.2. The number of benzene rings is 1. The van der Waals surface area contributed by atoms with Crippen LogP contribution in [0.2, 0.25) is 0 Å². The summed E-state index contributed by atoms with van der Waals surface area (Å²) in [7, 11) is 0.689. The monoisotopic (exact) mass is 295 g/mol. The molecule has 1 aliphatic carbocycles. The number of rotatable bonds is 6. The Hall–Kier alpha value is -0.870. The van der Waals surface area contributed by atoms with Gasteiger partial charge in [0.15, 0.2) is 0 Å². The van der Waals surface area contributed by atoms with Crippen LogP contribution in [0.1, 0.15) is 39.0 Å². The molecule has 0 bridgehead atoms. The van der Waals surface area contributed by atoms with Crippen molar-refractivity contribution in [2.24, 2.45) is 0 Å². The molecule has 1 aromatic rings. The molecule has 0 heterocycles. The molecule has 1 saturated carbocycles. The molecule has 1 N–H and O–H groups in total. The van der Waals surface area contributed by atoms with E-state index in [1.165, 1.54) is 12.8 Å². The summed E-state index contributed by atoms with van der Waals surface area (Å²) in [5.74, 6) is 0.782. The summed E-state index contributed by atoms with van der Waals surface area (Å²) < 4.78 is 18.1. The fourth-order valence-corrected chi connectivity index (χ4v) is 4.52. The predicted octanol–water partition coefficient (Wildman–Crippen LogP) is 3.11. The summed E-state index contributed by atoms with van der Waals surface area (Å²) in [6.45, 7) is 3.18. The molecule has 1 fully saturated rings. The van der Waals surface area contributed by atoms with E-state index < -0.39 is 10.8 Å². The Bertz CT molecular complexity index is 450. The maximum atomic E-state index is 12.9. The Morgan fingerprint density at radius 2 is 2.15 bits per heavy atom. The Morgan fingerprint density at radius 1 is 1.35 bits per heavy atom. The Kier molecular flexibility index (Phi) is 6.05. The van der Waals surface area contributed by atoms with Crippen molar-refractivity contribution >= 4 is 10.8 Å². The maximum Gasteiger partial charge on any atom is 0.120 e. The van der Waals surface area contributed by atoms with Crippen LogP contribution < -0.4 is 10.1 Å². The highest BCUT2D eigenvalue weighted by atomic mass is 32.2. The summed E-state index contributed by atoms with van der Waals surface area (Å²) in [5.41, 5.74) is 0. The van der Waals surface area contributed by atoms with Crippen LogP contribution in [0.3, 0.4) is 0 Å². The normalized spacial score (nSPS) is 24.3. The van der Waals surface area contributed by atoms with Gasteiger partial charge in [-0.05, 0) is 44.0 Å². The van der Waals surface area contributed by atoms with Gasteiger partial charge in [-0.2, -0.15) is 0 Å². The second-order valence-electron chi connectivity index (χ2n) is 5.36. The van der Waals surface area contributed by atoms with E-state index in [0.717, 1.165) is 36.5 Å². The second kappa shape index (κ2) is 7.79. The van der Waals surface area contributed by atoms with Crippen molar-refractivity contribution in [2.45, 2.75) is 55.2 Å². The van der Waals surface area contributed by atoms with Crippen molar-refractivity contribution in [1.82, 2.24) is 5.32 Å². The highest BCUT2D eigenvalue weighted by Gasteiger charge is 2.30. The lowest BCUT2D eigenvalue weighted by Crippen LogP contribution is -2.44. The van der Waals surface area contributed by atoms with E-state index in [-0.39, 0.29) is 5.25 Å². The van der Waals surface area contributed by atoms with Crippen LogP contribution in [0.5, 0.6) is 5.75 Å². The van der Waals surface area contributed by atoms with Crippen LogP contribution in [0.15, 0.2) is 29.2 Å². The minimum absolute atomic E-state index is 0.224. The largest absolute Gasteiger partial charge is 0.497 e. The van der Waals surface area contributed by atoms with Gasteiger partial charge >= 0.3 is 0 Å². The average Bonchev–Trinajstić information content (AvgIpc) is 2.52. The minimum atomic E-state index is -0.958. The van der Waals surface area contributed by atoms with Gasteiger partial charge in [0.1, 0.15) is 5.75 Å². The molecule has 1 aliphatic rings. The van der Waals surface area contributed by atoms with Crippen molar-refractivity contribution in [3.8, 4) is 5.75 Å². The Morgan fingerprint density at radius 3 is 2.90 bits per heavy atom. The van der Waals surface area contributed by atoms with E-state index in [0.29, 0.717) is 6.04 Å². The summed E-state index contributed by atoms with van der Waals surface area (Å²) in [6, 6.07) is 8.06. The molecule has 0 saturated heterocycles. The van der Waals surface area contributed by atoms with Crippen LogP contribution in [-0.2, 0) is 10.8 Å². The minimum Gasteiger partial charge on any atom is -0.497 e. The summed E-state index contributed by atoms with van der Waals surface area (Å²) in [6.07, 6.45) is 5.73. The van der Waals surface area contributed by atoms with E-state index in [1.807, 2.05) is 24.3 Å².